The minimum atomic E-state index is -0.983. The lowest BCUT2D eigenvalue weighted by atomic mass is 9.64. The van der Waals surface area contributed by atoms with Gasteiger partial charge in [-0.05, 0) is 24.0 Å². The van der Waals surface area contributed by atoms with Crippen LogP contribution in [0.1, 0.15) is 30.7 Å². The number of nitrogens with zero attached hydrogens (tertiary/aromatic N) is 6. The van der Waals surface area contributed by atoms with Gasteiger partial charge in [0.25, 0.3) is 5.89 Å². The number of carboxylic acid groups (broad SMARTS) is 1. The molecule has 0 unspecified atom stereocenters. The topological polar surface area (TPSA) is 166 Å². The molecule has 5 rings (SSSR count). The Morgan fingerprint density at radius 2 is 1.79 bits per heavy atom. The number of rotatable bonds is 7. The van der Waals surface area contributed by atoms with Crippen LogP contribution >= 0.6 is 0 Å². The molecule has 33 heavy (non-hydrogen) atoms. The number of carbonyl (C=O) groups is 1. The van der Waals surface area contributed by atoms with E-state index < -0.39 is 5.97 Å². The fourth-order valence-electron chi connectivity index (χ4n) is 3.86. The van der Waals surface area contributed by atoms with Gasteiger partial charge in [-0.15, -0.1) is 0 Å². The van der Waals surface area contributed by atoms with Crippen LogP contribution in [0, 0.1) is 0 Å². The summed E-state index contributed by atoms with van der Waals surface area (Å²) in [7, 11) is 0. The molecule has 166 valence electrons. The third-order valence-corrected chi connectivity index (χ3v) is 5.80. The Bertz CT molecular complexity index is 1270. The number of hydrogen-bond acceptors (Lipinski definition) is 10. The van der Waals surface area contributed by atoms with Crippen molar-refractivity contribution in [3.8, 4) is 22.7 Å². The molecule has 0 spiro atoms. The van der Waals surface area contributed by atoms with Crippen molar-refractivity contribution in [2.24, 2.45) is 0 Å². The second-order valence-electron chi connectivity index (χ2n) is 7.80. The van der Waals surface area contributed by atoms with E-state index in [1.54, 1.807) is 12.4 Å². The largest absolute Gasteiger partial charge is 0.480 e. The number of nitrogen functional groups attached to an aromatic ring is 1. The van der Waals surface area contributed by atoms with Crippen LogP contribution in [0.3, 0.4) is 0 Å². The van der Waals surface area contributed by atoms with E-state index in [1.807, 2.05) is 12.1 Å². The van der Waals surface area contributed by atoms with Crippen LogP contribution in [0.5, 0.6) is 0 Å². The number of nitrogens with two attached hydrogens (primary N) is 1. The molecule has 0 atom stereocenters. The van der Waals surface area contributed by atoms with Crippen molar-refractivity contribution < 1.29 is 14.4 Å². The highest BCUT2D eigenvalue weighted by atomic mass is 16.5. The van der Waals surface area contributed by atoms with E-state index in [1.165, 1.54) is 12.4 Å². The Kier molecular flexibility index (Phi) is 5.13. The second-order valence-corrected chi connectivity index (χ2v) is 7.80. The highest BCUT2D eigenvalue weighted by Gasteiger charge is 2.44. The summed E-state index contributed by atoms with van der Waals surface area (Å²) in [5.41, 5.74) is 8.68. The predicted octanol–water partition coefficient (Wildman–Crippen LogP) is 2.53. The SMILES string of the molecule is Nc1ncc(-c2ccc(C3(c4noc(-c5cnc(NCC(=O)O)cn5)n4)CCC3)cc2)cn1. The van der Waals surface area contributed by atoms with Crippen LogP contribution in [-0.2, 0) is 10.2 Å². The van der Waals surface area contributed by atoms with Gasteiger partial charge in [0, 0.05) is 18.0 Å². The molecule has 1 saturated carbocycles. The monoisotopic (exact) mass is 444 g/mol. The van der Waals surface area contributed by atoms with Crippen molar-refractivity contribution in [1.29, 1.82) is 0 Å². The number of carboxylic acids is 1. The van der Waals surface area contributed by atoms with Gasteiger partial charge in [0.2, 0.25) is 5.95 Å². The molecule has 11 heteroatoms. The molecule has 0 radical (unpaired) electrons. The fraction of sp³-hybridized carbons (Fsp3) is 0.227. The van der Waals surface area contributed by atoms with E-state index in [9.17, 15) is 4.79 Å². The average molecular weight is 444 g/mol. The number of aliphatic carboxylic acids is 1. The summed E-state index contributed by atoms with van der Waals surface area (Å²) in [6, 6.07) is 8.20. The third-order valence-electron chi connectivity index (χ3n) is 5.80. The van der Waals surface area contributed by atoms with E-state index in [0.717, 1.165) is 36.0 Å². The second kappa shape index (κ2) is 8.26. The van der Waals surface area contributed by atoms with Gasteiger partial charge >= 0.3 is 5.97 Å². The van der Waals surface area contributed by atoms with Gasteiger partial charge in [-0.1, -0.05) is 35.8 Å². The summed E-state index contributed by atoms with van der Waals surface area (Å²) in [5.74, 6) is 0.491. The van der Waals surface area contributed by atoms with Gasteiger partial charge < -0.3 is 20.7 Å². The van der Waals surface area contributed by atoms with Gasteiger partial charge in [0.15, 0.2) is 5.82 Å². The fourth-order valence-corrected chi connectivity index (χ4v) is 3.86. The number of nitrogens with one attached hydrogen (secondary N) is 1. The Labute approximate surface area is 188 Å². The first-order chi connectivity index (χ1) is 16.0. The van der Waals surface area contributed by atoms with Gasteiger partial charge in [0.1, 0.15) is 18.1 Å². The van der Waals surface area contributed by atoms with Gasteiger partial charge in [-0.3, -0.25) is 4.79 Å². The van der Waals surface area contributed by atoms with Gasteiger partial charge in [-0.2, -0.15) is 4.98 Å². The molecule has 1 fully saturated rings. The van der Waals surface area contributed by atoms with Crippen LogP contribution in [0.2, 0.25) is 0 Å². The van der Waals surface area contributed by atoms with E-state index in [0.29, 0.717) is 17.3 Å². The zero-order chi connectivity index (χ0) is 22.8. The van der Waals surface area contributed by atoms with Crippen molar-refractivity contribution in [1.82, 2.24) is 30.1 Å². The van der Waals surface area contributed by atoms with E-state index in [-0.39, 0.29) is 23.8 Å². The highest BCUT2D eigenvalue weighted by Crippen LogP contribution is 2.48. The summed E-state index contributed by atoms with van der Waals surface area (Å²) in [5, 5.41) is 15.6. The average Bonchev–Trinajstić information content (AvgIpc) is 3.29. The lowest BCUT2D eigenvalue weighted by Gasteiger charge is -2.39. The Balaban J connectivity index is 1.37. The molecule has 0 bridgehead atoms. The van der Waals surface area contributed by atoms with Gasteiger partial charge in [0.05, 0.1) is 17.8 Å². The quantitative estimate of drug-likeness (QED) is 0.383. The molecule has 0 amide bonds. The third kappa shape index (κ3) is 3.95. The first-order valence-electron chi connectivity index (χ1n) is 10.3. The van der Waals surface area contributed by atoms with E-state index >= 15 is 0 Å². The van der Waals surface area contributed by atoms with Crippen LogP contribution in [0.25, 0.3) is 22.7 Å². The number of anilines is 2. The lowest BCUT2D eigenvalue weighted by Crippen LogP contribution is -2.36. The minimum absolute atomic E-state index is 0.243. The van der Waals surface area contributed by atoms with Crippen LogP contribution in [0.4, 0.5) is 11.8 Å². The smallest absolute Gasteiger partial charge is 0.322 e. The Morgan fingerprint density at radius 1 is 1.03 bits per heavy atom. The molecule has 0 saturated heterocycles. The first kappa shape index (κ1) is 20.5. The number of hydrogen-bond donors (Lipinski definition) is 3. The molecule has 3 heterocycles. The predicted molar refractivity (Wildman–Crippen MR) is 118 cm³/mol. The number of benzene rings is 1. The van der Waals surface area contributed by atoms with Crippen molar-refractivity contribution in [2.75, 3.05) is 17.6 Å². The molecule has 0 aliphatic heterocycles. The van der Waals surface area contributed by atoms with Crippen LogP contribution in [-0.4, -0.2) is 47.7 Å². The maximum absolute atomic E-state index is 10.7. The van der Waals surface area contributed by atoms with Crippen molar-refractivity contribution >= 4 is 17.7 Å². The molecule has 11 nitrogen and oxygen atoms in total. The molecule has 4 aromatic rings. The summed E-state index contributed by atoms with van der Waals surface area (Å²) in [6.07, 6.45) is 9.21. The number of aromatic nitrogens is 6. The Morgan fingerprint density at radius 3 is 2.39 bits per heavy atom. The summed E-state index contributed by atoms with van der Waals surface area (Å²) in [4.78, 5) is 31.8. The van der Waals surface area contributed by atoms with Gasteiger partial charge in [-0.25, -0.2) is 19.9 Å². The minimum Gasteiger partial charge on any atom is -0.480 e. The highest BCUT2D eigenvalue weighted by molar-refractivity contribution is 5.72. The van der Waals surface area contributed by atoms with Crippen LogP contribution < -0.4 is 11.1 Å². The molecular formula is C22H20N8O3. The molecule has 3 aromatic heterocycles. The van der Waals surface area contributed by atoms with Crippen molar-refractivity contribution in [3.63, 3.8) is 0 Å². The summed E-state index contributed by atoms with van der Waals surface area (Å²) < 4.78 is 5.49. The summed E-state index contributed by atoms with van der Waals surface area (Å²) >= 11 is 0. The van der Waals surface area contributed by atoms with Crippen LogP contribution in [0.15, 0.2) is 53.6 Å². The standard InChI is InChI=1S/C22H20N8O3/c23-21-27-8-14(9-28-21)13-2-4-15(5-3-13)22(6-1-7-22)20-29-19(33-30-20)16-10-25-17(11-24-16)26-12-18(31)32/h2-5,8-11H,1,6-7,12H2,(H,25,26)(H,31,32)(H2,23,27,28). The van der Waals surface area contributed by atoms with Crippen molar-refractivity contribution in [3.05, 3.63) is 60.4 Å². The maximum Gasteiger partial charge on any atom is 0.322 e. The maximum atomic E-state index is 10.7. The molecule has 4 N–H and O–H groups in total. The van der Waals surface area contributed by atoms with E-state index in [4.69, 9.17) is 15.4 Å². The molecule has 1 aromatic carbocycles. The zero-order valence-electron chi connectivity index (χ0n) is 17.5. The lowest BCUT2D eigenvalue weighted by molar-refractivity contribution is -0.134. The molecule has 1 aliphatic carbocycles. The Hall–Kier alpha value is -4.41. The van der Waals surface area contributed by atoms with E-state index in [2.05, 4.69) is 47.5 Å². The first-order valence-corrected chi connectivity index (χ1v) is 10.3. The molecule has 1 aliphatic rings. The summed E-state index contributed by atoms with van der Waals surface area (Å²) in [6.45, 7) is -0.245. The normalized spacial score (nSPS) is 14.4. The zero-order valence-corrected chi connectivity index (χ0v) is 17.5. The molecular weight excluding hydrogens is 424 g/mol. The van der Waals surface area contributed by atoms with Crippen molar-refractivity contribution in [2.45, 2.75) is 24.7 Å².